The van der Waals surface area contributed by atoms with E-state index in [1.165, 1.54) is 0 Å². The predicted octanol–water partition coefficient (Wildman–Crippen LogP) is 1.50. The Kier molecular flexibility index (Phi) is 3.50. The molecule has 14 heavy (non-hydrogen) atoms. The van der Waals surface area contributed by atoms with Crippen LogP contribution in [0, 0.1) is 11.8 Å². The van der Waals surface area contributed by atoms with Crippen molar-refractivity contribution in [3.8, 4) is 0 Å². The lowest BCUT2D eigenvalue weighted by molar-refractivity contribution is -0.199. The van der Waals surface area contributed by atoms with Gasteiger partial charge in [-0.15, -0.1) is 0 Å². The number of carbonyl (C=O) groups is 1. The molecule has 0 amide bonds. The number of carboxylic acids is 1. The normalized spacial score (nSPS) is 22.6. The Morgan fingerprint density at radius 3 is 2.29 bits per heavy atom. The first kappa shape index (κ1) is 11.5. The molecule has 0 aromatic rings. The topological polar surface area (TPSA) is 55.8 Å². The molecule has 0 bridgehead atoms. The fourth-order valence-corrected chi connectivity index (χ4v) is 1.74. The molecule has 0 saturated carbocycles. The highest BCUT2D eigenvalue weighted by Gasteiger charge is 2.44. The molecule has 1 fully saturated rings. The molecule has 1 unspecified atom stereocenters. The summed E-state index contributed by atoms with van der Waals surface area (Å²) in [4.78, 5) is 11.1. The molecule has 1 aliphatic heterocycles. The van der Waals surface area contributed by atoms with Gasteiger partial charge in [-0.05, 0) is 19.3 Å². The molecule has 1 saturated heterocycles. The molecule has 4 nitrogen and oxygen atoms in total. The zero-order valence-corrected chi connectivity index (χ0v) is 8.95. The van der Waals surface area contributed by atoms with Gasteiger partial charge in [0.15, 0.2) is 5.79 Å². The molecule has 0 spiro atoms. The predicted molar refractivity (Wildman–Crippen MR) is 50.9 cm³/mol. The molecule has 0 aromatic heterocycles. The standard InChI is InChI=1S/C10H18O4/c1-7(2)6-8(9(11)12)10(3)13-4-5-14-10/h7-8H,4-6H2,1-3H3,(H,11,12). The first-order valence-electron chi connectivity index (χ1n) is 4.96. The summed E-state index contributed by atoms with van der Waals surface area (Å²) in [6.07, 6.45) is 0.575. The molecular weight excluding hydrogens is 184 g/mol. The maximum Gasteiger partial charge on any atom is 0.311 e. The zero-order valence-electron chi connectivity index (χ0n) is 8.95. The van der Waals surface area contributed by atoms with Crippen LogP contribution < -0.4 is 0 Å². The summed E-state index contributed by atoms with van der Waals surface area (Å²) in [5.41, 5.74) is 0. The van der Waals surface area contributed by atoms with Crippen LogP contribution in [0.4, 0.5) is 0 Å². The van der Waals surface area contributed by atoms with Gasteiger partial charge in [-0.1, -0.05) is 13.8 Å². The minimum atomic E-state index is -0.934. The molecule has 0 radical (unpaired) electrons. The van der Waals surface area contributed by atoms with E-state index in [1.807, 2.05) is 13.8 Å². The van der Waals surface area contributed by atoms with Gasteiger partial charge < -0.3 is 14.6 Å². The van der Waals surface area contributed by atoms with Crippen molar-refractivity contribution in [2.24, 2.45) is 11.8 Å². The summed E-state index contributed by atoms with van der Waals surface area (Å²) < 4.78 is 10.7. The number of rotatable bonds is 4. The minimum absolute atomic E-state index is 0.320. The Morgan fingerprint density at radius 1 is 1.43 bits per heavy atom. The van der Waals surface area contributed by atoms with Gasteiger partial charge >= 0.3 is 5.97 Å². The van der Waals surface area contributed by atoms with Crippen LogP contribution in [0.5, 0.6) is 0 Å². The third-order valence-electron chi connectivity index (χ3n) is 2.50. The van der Waals surface area contributed by atoms with E-state index in [0.717, 1.165) is 0 Å². The maximum absolute atomic E-state index is 11.1. The van der Waals surface area contributed by atoms with Gasteiger partial charge in [0.05, 0.1) is 13.2 Å². The van der Waals surface area contributed by atoms with Crippen molar-refractivity contribution >= 4 is 5.97 Å². The van der Waals surface area contributed by atoms with Gasteiger partial charge in [-0.3, -0.25) is 4.79 Å². The third kappa shape index (κ3) is 2.45. The molecule has 1 rings (SSSR count). The van der Waals surface area contributed by atoms with Crippen molar-refractivity contribution in [1.29, 1.82) is 0 Å². The number of hydrogen-bond donors (Lipinski definition) is 1. The molecule has 4 heteroatoms. The van der Waals surface area contributed by atoms with Gasteiger partial charge in [-0.25, -0.2) is 0 Å². The fourth-order valence-electron chi connectivity index (χ4n) is 1.74. The molecule has 82 valence electrons. The average Bonchev–Trinajstić information content (AvgIpc) is 2.48. The Bertz CT molecular complexity index is 206. The van der Waals surface area contributed by atoms with Crippen LogP contribution in [0.15, 0.2) is 0 Å². The molecule has 1 heterocycles. The summed E-state index contributed by atoms with van der Waals surface area (Å²) in [5.74, 6) is -2.04. The highest BCUT2D eigenvalue weighted by atomic mass is 16.7. The summed E-state index contributed by atoms with van der Waals surface area (Å²) in [7, 11) is 0. The van der Waals surface area contributed by atoms with Crippen molar-refractivity contribution in [3.05, 3.63) is 0 Å². The van der Waals surface area contributed by atoms with Crippen LogP contribution in [-0.4, -0.2) is 30.1 Å². The van der Waals surface area contributed by atoms with E-state index >= 15 is 0 Å². The number of hydrogen-bond acceptors (Lipinski definition) is 3. The molecule has 1 aliphatic rings. The summed E-state index contributed by atoms with van der Waals surface area (Å²) in [5, 5.41) is 9.09. The van der Waals surface area contributed by atoms with Gasteiger partial charge in [-0.2, -0.15) is 0 Å². The Morgan fingerprint density at radius 2 is 1.93 bits per heavy atom. The van der Waals surface area contributed by atoms with Crippen LogP contribution in [0.1, 0.15) is 27.2 Å². The number of carboxylic acid groups (broad SMARTS) is 1. The van der Waals surface area contributed by atoms with Crippen LogP contribution in [0.3, 0.4) is 0 Å². The summed E-state index contributed by atoms with van der Waals surface area (Å²) in [6.45, 7) is 6.67. The van der Waals surface area contributed by atoms with Gasteiger partial charge in [0, 0.05) is 0 Å². The molecule has 0 aliphatic carbocycles. The number of aliphatic carboxylic acids is 1. The second kappa shape index (κ2) is 4.28. The number of ether oxygens (including phenoxy) is 2. The van der Waals surface area contributed by atoms with E-state index in [0.29, 0.717) is 25.6 Å². The lowest BCUT2D eigenvalue weighted by atomic mass is 9.90. The minimum Gasteiger partial charge on any atom is -0.481 e. The molecule has 1 atom stereocenters. The van der Waals surface area contributed by atoms with Crippen LogP contribution in [0.25, 0.3) is 0 Å². The second-order valence-corrected chi connectivity index (χ2v) is 4.23. The Balaban J connectivity index is 2.70. The van der Waals surface area contributed by atoms with E-state index < -0.39 is 17.7 Å². The fraction of sp³-hybridized carbons (Fsp3) is 0.900. The van der Waals surface area contributed by atoms with Crippen molar-refractivity contribution in [3.63, 3.8) is 0 Å². The van der Waals surface area contributed by atoms with Crippen LogP contribution in [-0.2, 0) is 14.3 Å². The van der Waals surface area contributed by atoms with Crippen molar-refractivity contribution < 1.29 is 19.4 Å². The van der Waals surface area contributed by atoms with Gasteiger partial charge in [0.2, 0.25) is 0 Å². The van der Waals surface area contributed by atoms with Gasteiger partial charge in [0.25, 0.3) is 0 Å². The van der Waals surface area contributed by atoms with Crippen LogP contribution in [0.2, 0.25) is 0 Å². The highest BCUT2D eigenvalue weighted by molar-refractivity contribution is 5.71. The quantitative estimate of drug-likeness (QED) is 0.750. The smallest absolute Gasteiger partial charge is 0.311 e. The maximum atomic E-state index is 11.1. The molecule has 1 N–H and O–H groups in total. The van der Waals surface area contributed by atoms with E-state index in [-0.39, 0.29) is 0 Å². The van der Waals surface area contributed by atoms with E-state index in [2.05, 4.69) is 0 Å². The molecule has 0 aromatic carbocycles. The highest BCUT2D eigenvalue weighted by Crippen LogP contribution is 2.32. The van der Waals surface area contributed by atoms with Crippen LogP contribution >= 0.6 is 0 Å². The van der Waals surface area contributed by atoms with E-state index in [1.54, 1.807) is 6.92 Å². The zero-order chi connectivity index (χ0) is 10.8. The van der Waals surface area contributed by atoms with Crippen molar-refractivity contribution in [2.45, 2.75) is 33.0 Å². The van der Waals surface area contributed by atoms with Gasteiger partial charge in [0.1, 0.15) is 5.92 Å². The first-order chi connectivity index (χ1) is 6.46. The lowest BCUT2D eigenvalue weighted by Gasteiger charge is -2.30. The Hall–Kier alpha value is -0.610. The SMILES string of the molecule is CC(C)CC(C(=O)O)C1(C)OCCO1. The first-order valence-corrected chi connectivity index (χ1v) is 4.96. The monoisotopic (exact) mass is 202 g/mol. The van der Waals surface area contributed by atoms with E-state index in [9.17, 15) is 4.79 Å². The van der Waals surface area contributed by atoms with E-state index in [4.69, 9.17) is 14.6 Å². The lowest BCUT2D eigenvalue weighted by Crippen LogP contribution is -2.41. The van der Waals surface area contributed by atoms with Crippen molar-refractivity contribution in [2.75, 3.05) is 13.2 Å². The third-order valence-corrected chi connectivity index (χ3v) is 2.50. The average molecular weight is 202 g/mol. The summed E-state index contributed by atoms with van der Waals surface area (Å²) >= 11 is 0. The summed E-state index contributed by atoms with van der Waals surface area (Å²) in [6, 6.07) is 0. The largest absolute Gasteiger partial charge is 0.481 e. The van der Waals surface area contributed by atoms with Crippen molar-refractivity contribution in [1.82, 2.24) is 0 Å². The second-order valence-electron chi connectivity index (χ2n) is 4.23. The molecular formula is C10H18O4. The Labute approximate surface area is 84.2 Å².